The van der Waals surface area contributed by atoms with Gasteiger partial charge >= 0.3 is 0 Å². The molecule has 0 unspecified atom stereocenters. The maximum Gasteiger partial charge on any atom is 0.251 e. The Morgan fingerprint density at radius 3 is 2.56 bits per heavy atom. The zero-order valence-corrected chi connectivity index (χ0v) is 11.8. The van der Waals surface area contributed by atoms with E-state index < -0.39 is 0 Å². The van der Waals surface area contributed by atoms with E-state index in [1.807, 2.05) is 19.9 Å². The van der Waals surface area contributed by atoms with Gasteiger partial charge in [0, 0.05) is 17.8 Å². The van der Waals surface area contributed by atoms with Crippen LogP contribution in [-0.4, -0.2) is 12.5 Å². The lowest BCUT2D eigenvalue weighted by Gasteiger charge is -2.11. The number of rotatable bonds is 5. The maximum atomic E-state index is 12.0. The number of carbonyl (C=O) groups excluding carboxylic acids is 1. The highest BCUT2D eigenvalue weighted by Crippen LogP contribution is 2.17. The van der Waals surface area contributed by atoms with Gasteiger partial charge < -0.3 is 11.1 Å². The van der Waals surface area contributed by atoms with Crippen molar-refractivity contribution in [2.45, 2.75) is 40.5 Å². The van der Waals surface area contributed by atoms with Gasteiger partial charge in [0.15, 0.2) is 0 Å². The van der Waals surface area contributed by atoms with Crippen molar-refractivity contribution in [3.8, 4) is 0 Å². The second-order valence-electron chi connectivity index (χ2n) is 5.32. The van der Waals surface area contributed by atoms with Crippen LogP contribution in [0.25, 0.3) is 0 Å². The minimum Gasteiger partial charge on any atom is -0.398 e. The smallest absolute Gasteiger partial charge is 0.251 e. The Labute approximate surface area is 110 Å². The highest BCUT2D eigenvalue weighted by atomic mass is 16.1. The fourth-order valence-electron chi connectivity index (χ4n) is 1.92. The lowest BCUT2D eigenvalue weighted by atomic mass is 10.0. The van der Waals surface area contributed by atoms with E-state index in [-0.39, 0.29) is 5.91 Å². The van der Waals surface area contributed by atoms with Crippen molar-refractivity contribution in [2.24, 2.45) is 5.92 Å². The normalized spacial score (nSPS) is 10.7. The molecule has 0 saturated carbocycles. The third-order valence-corrected chi connectivity index (χ3v) is 3.10. The van der Waals surface area contributed by atoms with Gasteiger partial charge in [-0.05, 0) is 49.8 Å². The van der Waals surface area contributed by atoms with Crippen LogP contribution in [0.3, 0.4) is 0 Å². The molecule has 0 saturated heterocycles. The first-order valence-electron chi connectivity index (χ1n) is 6.56. The van der Waals surface area contributed by atoms with Gasteiger partial charge in [-0.25, -0.2) is 0 Å². The summed E-state index contributed by atoms with van der Waals surface area (Å²) in [6, 6.07) is 3.72. The van der Waals surface area contributed by atoms with Gasteiger partial charge in [0.1, 0.15) is 0 Å². The van der Waals surface area contributed by atoms with Crippen molar-refractivity contribution in [1.29, 1.82) is 0 Å². The van der Waals surface area contributed by atoms with Gasteiger partial charge in [0.2, 0.25) is 0 Å². The molecule has 3 N–H and O–H groups in total. The summed E-state index contributed by atoms with van der Waals surface area (Å²) in [6.45, 7) is 8.99. The number of aryl methyl sites for hydroxylation is 2. The van der Waals surface area contributed by atoms with Crippen LogP contribution in [-0.2, 0) is 0 Å². The van der Waals surface area contributed by atoms with Crippen LogP contribution in [0.4, 0.5) is 5.69 Å². The predicted molar refractivity (Wildman–Crippen MR) is 76.7 cm³/mol. The Hall–Kier alpha value is -1.51. The number of nitrogens with two attached hydrogens (primary N) is 1. The third kappa shape index (κ3) is 4.06. The molecule has 1 aromatic carbocycles. The van der Waals surface area contributed by atoms with Crippen molar-refractivity contribution in [2.75, 3.05) is 12.3 Å². The second kappa shape index (κ2) is 6.43. The molecular weight excluding hydrogens is 224 g/mol. The summed E-state index contributed by atoms with van der Waals surface area (Å²) in [4.78, 5) is 12.0. The summed E-state index contributed by atoms with van der Waals surface area (Å²) in [5, 5.41) is 2.95. The first-order chi connectivity index (χ1) is 8.41. The number of anilines is 1. The number of carbonyl (C=O) groups is 1. The SMILES string of the molecule is Cc1cc(C)c(C(=O)NCCCC(C)C)cc1N. The molecule has 0 heterocycles. The molecule has 1 rings (SSSR count). The fraction of sp³-hybridized carbons (Fsp3) is 0.533. The van der Waals surface area contributed by atoms with Gasteiger partial charge in [-0.1, -0.05) is 19.9 Å². The molecule has 1 aromatic rings. The minimum atomic E-state index is -0.0250. The lowest BCUT2D eigenvalue weighted by Crippen LogP contribution is -2.25. The summed E-state index contributed by atoms with van der Waals surface area (Å²) in [5.41, 5.74) is 9.19. The monoisotopic (exact) mass is 248 g/mol. The topological polar surface area (TPSA) is 55.1 Å². The average Bonchev–Trinajstić information content (AvgIpc) is 2.28. The first-order valence-corrected chi connectivity index (χ1v) is 6.56. The van der Waals surface area contributed by atoms with Crippen LogP contribution in [0, 0.1) is 19.8 Å². The first kappa shape index (κ1) is 14.6. The Bertz CT molecular complexity index is 425. The van der Waals surface area contributed by atoms with Gasteiger partial charge in [0.05, 0.1) is 0 Å². The predicted octanol–water partition coefficient (Wildman–Crippen LogP) is 3.05. The van der Waals surface area contributed by atoms with Crippen molar-refractivity contribution < 1.29 is 4.79 Å². The molecule has 3 nitrogen and oxygen atoms in total. The van der Waals surface area contributed by atoms with Crippen LogP contribution < -0.4 is 11.1 Å². The Morgan fingerprint density at radius 1 is 1.28 bits per heavy atom. The third-order valence-electron chi connectivity index (χ3n) is 3.10. The zero-order valence-electron chi connectivity index (χ0n) is 11.8. The van der Waals surface area contributed by atoms with E-state index >= 15 is 0 Å². The number of benzene rings is 1. The molecule has 0 aliphatic carbocycles. The highest BCUT2D eigenvalue weighted by molar-refractivity contribution is 5.96. The van der Waals surface area contributed by atoms with Gasteiger partial charge in [0.25, 0.3) is 5.91 Å². The largest absolute Gasteiger partial charge is 0.398 e. The van der Waals surface area contributed by atoms with E-state index in [4.69, 9.17) is 5.73 Å². The van der Waals surface area contributed by atoms with E-state index in [9.17, 15) is 4.79 Å². The van der Waals surface area contributed by atoms with E-state index in [0.29, 0.717) is 17.2 Å². The molecular formula is C15H24N2O. The molecule has 0 fully saturated rings. The Morgan fingerprint density at radius 2 is 1.94 bits per heavy atom. The Balaban J connectivity index is 2.59. The molecule has 3 heteroatoms. The molecule has 100 valence electrons. The Kier molecular flexibility index (Phi) is 5.20. The quantitative estimate of drug-likeness (QED) is 0.621. The zero-order chi connectivity index (χ0) is 13.7. The second-order valence-corrected chi connectivity index (χ2v) is 5.32. The maximum absolute atomic E-state index is 12.0. The van der Waals surface area contributed by atoms with Crippen LogP contribution in [0.2, 0.25) is 0 Å². The number of hydrogen-bond donors (Lipinski definition) is 2. The molecule has 0 spiro atoms. The average molecular weight is 248 g/mol. The molecule has 0 aromatic heterocycles. The summed E-state index contributed by atoms with van der Waals surface area (Å²) in [7, 11) is 0. The number of nitrogens with one attached hydrogen (secondary N) is 1. The summed E-state index contributed by atoms with van der Waals surface area (Å²) < 4.78 is 0. The highest BCUT2D eigenvalue weighted by Gasteiger charge is 2.10. The van der Waals surface area contributed by atoms with Gasteiger partial charge in [-0.2, -0.15) is 0 Å². The number of hydrogen-bond acceptors (Lipinski definition) is 2. The van der Waals surface area contributed by atoms with E-state index in [0.717, 1.165) is 30.5 Å². The summed E-state index contributed by atoms with van der Waals surface area (Å²) in [6.07, 6.45) is 2.15. The molecule has 0 aliphatic rings. The summed E-state index contributed by atoms with van der Waals surface area (Å²) in [5.74, 6) is 0.654. The lowest BCUT2D eigenvalue weighted by molar-refractivity contribution is 0.0952. The molecule has 0 atom stereocenters. The minimum absolute atomic E-state index is 0.0250. The van der Waals surface area contributed by atoms with Crippen LogP contribution in [0.5, 0.6) is 0 Å². The molecule has 18 heavy (non-hydrogen) atoms. The van der Waals surface area contributed by atoms with Crippen molar-refractivity contribution in [3.63, 3.8) is 0 Å². The van der Waals surface area contributed by atoms with Gasteiger partial charge in [-0.3, -0.25) is 4.79 Å². The molecule has 0 bridgehead atoms. The summed E-state index contributed by atoms with van der Waals surface area (Å²) >= 11 is 0. The molecule has 1 amide bonds. The van der Waals surface area contributed by atoms with Crippen LogP contribution in [0.15, 0.2) is 12.1 Å². The van der Waals surface area contributed by atoms with E-state index in [1.165, 1.54) is 0 Å². The number of nitrogen functional groups attached to an aromatic ring is 1. The van der Waals surface area contributed by atoms with E-state index in [1.54, 1.807) is 6.07 Å². The van der Waals surface area contributed by atoms with E-state index in [2.05, 4.69) is 19.2 Å². The van der Waals surface area contributed by atoms with Crippen LogP contribution >= 0.6 is 0 Å². The number of amides is 1. The van der Waals surface area contributed by atoms with Gasteiger partial charge in [-0.15, -0.1) is 0 Å². The molecule has 0 aliphatic heterocycles. The van der Waals surface area contributed by atoms with Crippen molar-refractivity contribution >= 4 is 11.6 Å². The molecule has 0 radical (unpaired) electrons. The fourth-order valence-corrected chi connectivity index (χ4v) is 1.92. The van der Waals surface area contributed by atoms with Crippen LogP contribution in [0.1, 0.15) is 48.2 Å². The van der Waals surface area contributed by atoms with Crippen molar-refractivity contribution in [1.82, 2.24) is 5.32 Å². The van der Waals surface area contributed by atoms with Crippen molar-refractivity contribution in [3.05, 3.63) is 28.8 Å². The standard InChI is InChI=1S/C15H24N2O/c1-10(2)6-5-7-17-15(18)13-9-14(16)12(4)8-11(13)3/h8-10H,5-7,16H2,1-4H3,(H,17,18).